The van der Waals surface area contributed by atoms with Crippen LogP contribution in [0.2, 0.25) is 18.1 Å². The van der Waals surface area contributed by atoms with E-state index in [4.69, 9.17) is 4.43 Å². The first-order chi connectivity index (χ1) is 18.7. The topological polar surface area (TPSA) is 59.3 Å². The van der Waals surface area contributed by atoms with Crippen LogP contribution in [0.1, 0.15) is 38.1 Å². The molecular formula is C31H40N6OSi. The summed E-state index contributed by atoms with van der Waals surface area (Å²) < 4.78 is 8.69. The molecule has 8 heteroatoms. The number of nitrogens with zero attached hydrogens (tertiary/aromatic N) is 6. The number of tetrazole rings is 1. The zero-order chi connectivity index (χ0) is 27.5. The normalized spacial score (nSPS) is 16.2. The molecule has 0 saturated carbocycles. The molecule has 1 saturated heterocycles. The Hall–Kier alpha value is -3.33. The third-order valence-corrected chi connectivity index (χ3v) is 12.5. The average Bonchev–Trinajstić information content (AvgIpc) is 3.40. The summed E-state index contributed by atoms with van der Waals surface area (Å²) in [4.78, 5) is 5.02. The van der Waals surface area contributed by atoms with Gasteiger partial charge in [0.05, 0.1) is 0 Å². The smallest absolute Gasteiger partial charge is 0.250 e. The van der Waals surface area contributed by atoms with Crippen LogP contribution in [0.5, 0.6) is 5.75 Å². The lowest BCUT2D eigenvalue weighted by molar-refractivity contribution is 0.0740. The van der Waals surface area contributed by atoms with Crippen LogP contribution < -0.4 is 4.43 Å². The number of rotatable bonds is 8. The van der Waals surface area contributed by atoms with Crippen LogP contribution in [0.3, 0.4) is 0 Å². The quantitative estimate of drug-likeness (QED) is 0.252. The average molecular weight is 541 g/mol. The van der Waals surface area contributed by atoms with Gasteiger partial charge in [0, 0.05) is 38.3 Å². The lowest BCUT2D eigenvalue weighted by Crippen LogP contribution is -2.49. The predicted octanol–water partition coefficient (Wildman–Crippen LogP) is 6.09. The molecule has 39 heavy (non-hydrogen) atoms. The monoisotopic (exact) mass is 540 g/mol. The van der Waals surface area contributed by atoms with E-state index in [1.165, 1.54) is 5.56 Å². The Labute approximate surface area is 233 Å². The van der Waals surface area contributed by atoms with E-state index in [0.29, 0.717) is 0 Å². The molecule has 1 fully saturated rings. The molecule has 1 unspecified atom stereocenters. The number of aromatic nitrogens is 4. The molecule has 0 radical (unpaired) electrons. The molecule has 7 nitrogen and oxygen atoms in total. The largest absolute Gasteiger partial charge is 0.543 e. The Morgan fingerprint density at radius 2 is 1.51 bits per heavy atom. The van der Waals surface area contributed by atoms with Crippen molar-refractivity contribution in [2.24, 2.45) is 0 Å². The molecule has 0 spiro atoms. The van der Waals surface area contributed by atoms with Gasteiger partial charge in [-0.2, -0.15) is 0 Å². The van der Waals surface area contributed by atoms with Crippen molar-refractivity contribution in [1.29, 1.82) is 0 Å². The highest BCUT2D eigenvalue weighted by Crippen LogP contribution is 2.38. The molecule has 1 aliphatic heterocycles. The van der Waals surface area contributed by atoms with Crippen LogP contribution >= 0.6 is 0 Å². The first-order valence-electron chi connectivity index (χ1n) is 13.8. The molecule has 1 aromatic heterocycles. The number of hydrogen-bond donors (Lipinski definition) is 0. The lowest BCUT2D eigenvalue weighted by Gasteiger charge is -2.40. The van der Waals surface area contributed by atoms with E-state index in [1.54, 1.807) is 0 Å². The molecule has 5 rings (SSSR count). The van der Waals surface area contributed by atoms with Gasteiger partial charge in [0.25, 0.3) is 0 Å². The van der Waals surface area contributed by atoms with E-state index >= 15 is 0 Å². The van der Waals surface area contributed by atoms with Crippen molar-refractivity contribution in [3.8, 4) is 17.1 Å². The maximum atomic E-state index is 6.71. The molecule has 4 aromatic rings. The van der Waals surface area contributed by atoms with Crippen molar-refractivity contribution in [3.63, 3.8) is 0 Å². The maximum absolute atomic E-state index is 6.71. The van der Waals surface area contributed by atoms with E-state index in [9.17, 15) is 0 Å². The highest BCUT2D eigenvalue weighted by molar-refractivity contribution is 6.74. The van der Waals surface area contributed by atoms with Gasteiger partial charge in [0.2, 0.25) is 8.32 Å². The van der Waals surface area contributed by atoms with Gasteiger partial charge in [0.15, 0.2) is 5.82 Å². The number of hydrogen-bond acceptors (Lipinski definition) is 6. The first-order valence-corrected chi connectivity index (χ1v) is 16.7. The highest BCUT2D eigenvalue weighted by Gasteiger charge is 2.39. The van der Waals surface area contributed by atoms with Gasteiger partial charge in [-0.1, -0.05) is 93.6 Å². The summed E-state index contributed by atoms with van der Waals surface area (Å²) in [6.07, 6.45) is -0.142. The Balaban J connectivity index is 1.45. The Morgan fingerprint density at radius 1 is 0.846 bits per heavy atom. The highest BCUT2D eigenvalue weighted by atomic mass is 28.4. The van der Waals surface area contributed by atoms with Crippen LogP contribution in [0.4, 0.5) is 0 Å². The van der Waals surface area contributed by atoms with Crippen molar-refractivity contribution in [2.45, 2.75) is 51.6 Å². The Morgan fingerprint density at radius 3 is 2.18 bits per heavy atom. The third-order valence-electron chi connectivity index (χ3n) is 8.09. The van der Waals surface area contributed by atoms with Gasteiger partial charge in [-0.05, 0) is 51.8 Å². The van der Waals surface area contributed by atoms with Crippen LogP contribution in [-0.4, -0.2) is 64.5 Å². The van der Waals surface area contributed by atoms with Gasteiger partial charge in [-0.15, -0.1) is 5.10 Å². The lowest BCUT2D eigenvalue weighted by atomic mass is 10.1. The minimum absolute atomic E-state index is 0.119. The molecule has 2 heterocycles. The molecular weight excluding hydrogens is 500 g/mol. The van der Waals surface area contributed by atoms with Gasteiger partial charge in [0.1, 0.15) is 11.9 Å². The number of benzene rings is 3. The molecule has 0 aliphatic carbocycles. The summed E-state index contributed by atoms with van der Waals surface area (Å²) in [5.74, 6) is 1.68. The van der Waals surface area contributed by atoms with Gasteiger partial charge in [-0.3, -0.25) is 9.80 Å². The van der Waals surface area contributed by atoms with Crippen molar-refractivity contribution in [2.75, 3.05) is 26.2 Å². The molecule has 204 valence electrons. The fourth-order valence-electron chi connectivity index (χ4n) is 4.84. The van der Waals surface area contributed by atoms with Crippen LogP contribution in [0.15, 0.2) is 84.9 Å². The second kappa shape index (κ2) is 11.4. The van der Waals surface area contributed by atoms with Crippen molar-refractivity contribution in [1.82, 2.24) is 30.0 Å². The van der Waals surface area contributed by atoms with Crippen LogP contribution in [-0.2, 0) is 6.54 Å². The Kier molecular flexibility index (Phi) is 7.97. The SMILES string of the molecule is CC(C)(C)[Si](C)(C)Oc1cccc(C(N2CCN(Cc3ccccc3)CC2)n2nnnc2-c2ccccc2)c1. The molecule has 3 aromatic carbocycles. The predicted molar refractivity (Wildman–Crippen MR) is 159 cm³/mol. The minimum Gasteiger partial charge on any atom is -0.543 e. The zero-order valence-electron chi connectivity index (χ0n) is 23.8. The van der Waals surface area contributed by atoms with Gasteiger partial charge in [-0.25, -0.2) is 4.68 Å². The third kappa shape index (κ3) is 6.29. The minimum atomic E-state index is -1.99. The standard InChI is InChI=1S/C31H40N6OSi/c1-31(2,3)39(4,5)38-28-18-12-17-27(23-28)30(37-29(32-33-34-37)26-15-10-7-11-16-26)36-21-19-35(20-22-36)24-25-13-8-6-9-14-25/h6-18,23,30H,19-22,24H2,1-5H3. The zero-order valence-corrected chi connectivity index (χ0v) is 24.8. The number of piperazine rings is 1. The Bertz CT molecular complexity index is 1340. The van der Waals surface area contributed by atoms with Crippen LogP contribution in [0, 0.1) is 0 Å². The van der Waals surface area contributed by atoms with Crippen LogP contribution in [0.25, 0.3) is 11.4 Å². The van der Waals surface area contributed by atoms with E-state index < -0.39 is 8.32 Å². The summed E-state index contributed by atoms with van der Waals surface area (Å²) in [5, 5.41) is 13.2. The van der Waals surface area contributed by atoms with Crippen molar-refractivity contribution >= 4 is 8.32 Å². The fraction of sp³-hybridized carbons (Fsp3) is 0.387. The maximum Gasteiger partial charge on any atom is 0.250 e. The van der Waals surface area contributed by atoms with Crippen molar-refractivity contribution in [3.05, 3.63) is 96.1 Å². The van der Waals surface area contributed by atoms with E-state index in [2.05, 4.69) is 126 Å². The molecule has 0 N–H and O–H groups in total. The second-order valence-corrected chi connectivity index (χ2v) is 16.6. The molecule has 1 atom stereocenters. The van der Waals surface area contributed by atoms with E-state index in [0.717, 1.165) is 55.4 Å². The fourth-order valence-corrected chi connectivity index (χ4v) is 5.86. The van der Waals surface area contributed by atoms with Gasteiger partial charge < -0.3 is 4.43 Å². The molecule has 0 bridgehead atoms. The van der Waals surface area contributed by atoms with Crippen molar-refractivity contribution < 1.29 is 4.43 Å². The second-order valence-electron chi connectivity index (χ2n) is 11.9. The van der Waals surface area contributed by atoms with Gasteiger partial charge >= 0.3 is 0 Å². The first kappa shape index (κ1) is 27.2. The summed E-state index contributed by atoms with van der Waals surface area (Å²) in [7, 11) is -1.99. The van der Waals surface area contributed by atoms with E-state index in [1.807, 2.05) is 22.9 Å². The van der Waals surface area contributed by atoms with E-state index in [-0.39, 0.29) is 11.2 Å². The summed E-state index contributed by atoms with van der Waals surface area (Å²) >= 11 is 0. The summed E-state index contributed by atoms with van der Waals surface area (Å²) in [6, 6.07) is 29.5. The summed E-state index contributed by atoms with van der Waals surface area (Å²) in [5.41, 5.74) is 3.49. The molecule has 0 amide bonds. The molecule has 1 aliphatic rings. The summed E-state index contributed by atoms with van der Waals surface area (Å²) in [6.45, 7) is 16.2.